The van der Waals surface area contributed by atoms with E-state index in [1.54, 1.807) is 6.07 Å². The minimum absolute atomic E-state index is 0.0524. The van der Waals surface area contributed by atoms with E-state index in [0.29, 0.717) is 24.7 Å². The maximum absolute atomic E-state index is 12.1. The first-order chi connectivity index (χ1) is 8.55. The molecule has 100 valence electrons. The number of rotatable bonds is 4. The smallest absolute Gasteiger partial charge is 0.243 e. The van der Waals surface area contributed by atoms with Gasteiger partial charge in [-0.2, -0.15) is 4.31 Å². The molecule has 0 saturated heterocycles. The van der Waals surface area contributed by atoms with Crippen molar-refractivity contribution in [3.8, 4) is 11.5 Å². The fourth-order valence-electron chi connectivity index (χ4n) is 1.63. The SMILES string of the molecule is CN(CCO)S(=O)(=O)c1ccc2c(c1)OCCO2. The number of likely N-dealkylation sites (N-methyl/N-ethyl adjacent to an activating group) is 1. The summed E-state index contributed by atoms with van der Waals surface area (Å²) in [6.45, 7) is 0.698. The van der Waals surface area contributed by atoms with Crippen molar-refractivity contribution in [2.75, 3.05) is 33.4 Å². The molecule has 1 heterocycles. The monoisotopic (exact) mass is 273 g/mol. The Morgan fingerprint density at radius 1 is 1.28 bits per heavy atom. The lowest BCUT2D eigenvalue weighted by Crippen LogP contribution is -2.29. The molecule has 1 N–H and O–H groups in total. The van der Waals surface area contributed by atoms with Gasteiger partial charge < -0.3 is 14.6 Å². The number of sulfonamides is 1. The molecule has 1 aliphatic heterocycles. The lowest BCUT2D eigenvalue weighted by atomic mass is 10.3. The molecule has 0 radical (unpaired) electrons. The van der Waals surface area contributed by atoms with Crippen LogP contribution in [-0.2, 0) is 10.0 Å². The van der Waals surface area contributed by atoms with Gasteiger partial charge >= 0.3 is 0 Å². The van der Waals surface area contributed by atoms with E-state index >= 15 is 0 Å². The molecule has 0 fully saturated rings. The summed E-state index contributed by atoms with van der Waals surface area (Å²) < 4.78 is 36.0. The van der Waals surface area contributed by atoms with Crippen molar-refractivity contribution in [3.05, 3.63) is 18.2 Å². The zero-order chi connectivity index (χ0) is 13.2. The van der Waals surface area contributed by atoms with Crippen LogP contribution in [0.5, 0.6) is 11.5 Å². The zero-order valence-corrected chi connectivity index (χ0v) is 10.8. The van der Waals surface area contributed by atoms with Crippen LogP contribution in [0.1, 0.15) is 0 Å². The summed E-state index contributed by atoms with van der Waals surface area (Å²) in [6.07, 6.45) is 0. The molecule has 0 amide bonds. The van der Waals surface area contributed by atoms with Gasteiger partial charge in [-0.3, -0.25) is 0 Å². The molecule has 0 atom stereocenters. The van der Waals surface area contributed by atoms with Gasteiger partial charge in [0.05, 0.1) is 11.5 Å². The van der Waals surface area contributed by atoms with Crippen molar-refractivity contribution >= 4 is 10.0 Å². The summed E-state index contributed by atoms with van der Waals surface area (Å²) in [7, 11) is -2.18. The number of hydrogen-bond donors (Lipinski definition) is 1. The van der Waals surface area contributed by atoms with E-state index in [1.165, 1.54) is 19.2 Å². The van der Waals surface area contributed by atoms with Crippen LogP contribution in [0.4, 0.5) is 0 Å². The van der Waals surface area contributed by atoms with Gasteiger partial charge in [0.2, 0.25) is 10.0 Å². The molecule has 7 heteroatoms. The number of aliphatic hydroxyl groups excluding tert-OH is 1. The molecule has 0 saturated carbocycles. The number of fused-ring (bicyclic) bond motifs is 1. The first-order valence-corrected chi connectivity index (χ1v) is 6.96. The summed E-state index contributed by atoms with van der Waals surface area (Å²) in [6, 6.07) is 4.49. The molecule has 1 aromatic carbocycles. The lowest BCUT2D eigenvalue weighted by molar-refractivity contribution is 0.171. The van der Waals surface area contributed by atoms with Gasteiger partial charge in [-0.25, -0.2) is 8.42 Å². The summed E-state index contributed by atoms with van der Waals surface area (Å²) in [5.74, 6) is 0.977. The third-order valence-electron chi connectivity index (χ3n) is 2.64. The molecule has 6 nitrogen and oxygen atoms in total. The molecule has 18 heavy (non-hydrogen) atoms. The van der Waals surface area contributed by atoms with Crippen molar-refractivity contribution in [3.63, 3.8) is 0 Å². The summed E-state index contributed by atoms with van der Waals surface area (Å²) in [5.41, 5.74) is 0. The predicted octanol–water partition coefficient (Wildman–Crippen LogP) is 0.0706. The molecule has 0 aromatic heterocycles. The highest BCUT2D eigenvalue weighted by molar-refractivity contribution is 7.89. The number of aliphatic hydroxyl groups is 1. The quantitative estimate of drug-likeness (QED) is 0.840. The van der Waals surface area contributed by atoms with E-state index in [2.05, 4.69) is 0 Å². The molecule has 1 aliphatic rings. The minimum atomic E-state index is -3.60. The fraction of sp³-hybridized carbons (Fsp3) is 0.455. The average Bonchev–Trinajstić information content (AvgIpc) is 2.38. The summed E-state index contributed by atoms with van der Waals surface area (Å²) in [5, 5.41) is 8.79. The van der Waals surface area contributed by atoms with E-state index < -0.39 is 10.0 Å². The van der Waals surface area contributed by atoms with Gasteiger partial charge in [-0.1, -0.05) is 0 Å². The van der Waals surface area contributed by atoms with Crippen LogP contribution in [0, 0.1) is 0 Å². The topological polar surface area (TPSA) is 76.1 Å². The van der Waals surface area contributed by atoms with E-state index in [4.69, 9.17) is 14.6 Å². The molecular weight excluding hydrogens is 258 g/mol. The van der Waals surface area contributed by atoms with Crippen LogP contribution in [0.15, 0.2) is 23.1 Å². The normalized spacial score (nSPS) is 14.8. The predicted molar refractivity (Wildman–Crippen MR) is 64.3 cm³/mol. The van der Waals surface area contributed by atoms with Gasteiger partial charge in [-0.15, -0.1) is 0 Å². The zero-order valence-electron chi connectivity index (χ0n) is 10.00. The molecular formula is C11H15NO5S. The number of nitrogens with zero attached hydrogens (tertiary/aromatic N) is 1. The molecule has 1 aromatic rings. The van der Waals surface area contributed by atoms with E-state index in [0.717, 1.165) is 4.31 Å². The third-order valence-corrected chi connectivity index (χ3v) is 4.49. The Morgan fingerprint density at radius 2 is 1.94 bits per heavy atom. The van der Waals surface area contributed by atoms with Crippen molar-refractivity contribution in [2.45, 2.75) is 4.90 Å². The second-order valence-corrected chi connectivity index (χ2v) is 5.90. The fourth-order valence-corrected chi connectivity index (χ4v) is 2.80. The lowest BCUT2D eigenvalue weighted by Gasteiger charge is -2.20. The third kappa shape index (κ3) is 2.43. The average molecular weight is 273 g/mol. The maximum Gasteiger partial charge on any atom is 0.243 e. The Morgan fingerprint density at radius 3 is 2.61 bits per heavy atom. The highest BCUT2D eigenvalue weighted by Crippen LogP contribution is 2.32. The van der Waals surface area contributed by atoms with Gasteiger partial charge in [0.1, 0.15) is 13.2 Å². The second-order valence-electron chi connectivity index (χ2n) is 3.86. The molecule has 0 aliphatic carbocycles. The van der Waals surface area contributed by atoms with Gasteiger partial charge in [-0.05, 0) is 12.1 Å². The molecule has 0 unspecified atom stereocenters. The largest absolute Gasteiger partial charge is 0.486 e. The van der Waals surface area contributed by atoms with Crippen LogP contribution in [0.3, 0.4) is 0 Å². The minimum Gasteiger partial charge on any atom is -0.486 e. The standard InChI is InChI=1S/C11H15NO5S/c1-12(4-5-13)18(14,15)9-2-3-10-11(8-9)17-7-6-16-10/h2-3,8,13H,4-7H2,1H3. The van der Waals surface area contributed by atoms with Crippen molar-refractivity contribution in [1.82, 2.24) is 4.31 Å². The first-order valence-electron chi connectivity index (χ1n) is 5.52. The van der Waals surface area contributed by atoms with Gasteiger partial charge in [0, 0.05) is 19.7 Å². The first kappa shape index (κ1) is 13.1. The highest BCUT2D eigenvalue weighted by atomic mass is 32.2. The Hall–Kier alpha value is -1.31. The Labute approximate surface area is 106 Å². The Bertz CT molecular complexity index is 528. The van der Waals surface area contributed by atoms with Crippen molar-refractivity contribution in [2.24, 2.45) is 0 Å². The van der Waals surface area contributed by atoms with Gasteiger partial charge in [0.25, 0.3) is 0 Å². The van der Waals surface area contributed by atoms with Crippen LogP contribution in [0.2, 0.25) is 0 Å². The van der Waals surface area contributed by atoms with Crippen LogP contribution in [0.25, 0.3) is 0 Å². The van der Waals surface area contributed by atoms with Crippen molar-refractivity contribution in [1.29, 1.82) is 0 Å². The Balaban J connectivity index is 2.33. The maximum atomic E-state index is 12.1. The molecule has 0 bridgehead atoms. The number of hydrogen-bond acceptors (Lipinski definition) is 5. The van der Waals surface area contributed by atoms with E-state index in [-0.39, 0.29) is 18.0 Å². The molecule has 0 spiro atoms. The summed E-state index contributed by atoms with van der Waals surface area (Å²) >= 11 is 0. The van der Waals surface area contributed by atoms with Crippen LogP contribution in [-0.4, -0.2) is 51.2 Å². The van der Waals surface area contributed by atoms with Crippen LogP contribution >= 0.6 is 0 Å². The van der Waals surface area contributed by atoms with Crippen molar-refractivity contribution < 1.29 is 23.0 Å². The van der Waals surface area contributed by atoms with Gasteiger partial charge in [0.15, 0.2) is 11.5 Å². The summed E-state index contributed by atoms with van der Waals surface area (Å²) in [4.78, 5) is 0.128. The van der Waals surface area contributed by atoms with Crippen LogP contribution < -0.4 is 9.47 Å². The number of ether oxygens (including phenoxy) is 2. The second kappa shape index (κ2) is 5.13. The highest BCUT2D eigenvalue weighted by Gasteiger charge is 2.23. The Kier molecular flexibility index (Phi) is 3.74. The van der Waals surface area contributed by atoms with E-state index in [1.807, 2.05) is 0 Å². The number of benzene rings is 1. The molecule has 2 rings (SSSR count). The van der Waals surface area contributed by atoms with E-state index in [9.17, 15) is 8.42 Å².